The van der Waals surface area contributed by atoms with Crippen LogP contribution in [0.3, 0.4) is 0 Å². The van der Waals surface area contributed by atoms with Crippen LogP contribution < -0.4 is 5.32 Å². The van der Waals surface area contributed by atoms with Crippen molar-refractivity contribution in [2.75, 3.05) is 13.2 Å². The van der Waals surface area contributed by atoms with Crippen molar-refractivity contribution in [3.8, 4) is 0 Å². The van der Waals surface area contributed by atoms with E-state index in [0.717, 1.165) is 19.4 Å². The molecule has 0 fully saturated rings. The molecule has 92 valence electrons. The van der Waals surface area contributed by atoms with Crippen molar-refractivity contribution in [3.05, 3.63) is 0 Å². The lowest BCUT2D eigenvalue weighted by Crippen LogP contribution is -2.27. The van der Waals surface area contributed by atoms with E-state index < -0.39 is 0 Å². The zero-order valence-electron chi connectivity index (χ0n) is 10.6. The zero-order valence-corrected chi connectivity index (χ0v) is 10.6. The Bertz CT molecular complexity index is 117. The first-order chi connectivity index (χ1) is 7.31. The number of aliphatic hydroxyl groups excluding tert-OH is 1. The van der Waals surface area contributed by atoms with Crippen LogP contribution in [-0.4, -0.2) is 24.3 Å². The summed E-state index contributed by atoms with van der Waals surface area (Å²) in [5.74, 6) is 0. The lowest BCUT2D eigenvalue weighted by Gasteiger charge is -2.12. The highest BCUT2D eigenvalue weighted by molar-refractivity contribution is 4.60. The molecule has 0 spiro atoms. The van der Waals surface area contributed by atoms with E-state index in [4.69, 9.17) is 5.11 Å². The van der Waals surface area contributed by atoms with Crippen molar-refractivity contribution >= 4 is 0 Å². The molecule has 0 rings (SSSR count). The van der Waals surface area contributed by atoms with Crippen LogP contribution in [0.1, 0.15) is 65.2 Å². The first-order valence-corrected chi connectivity index (χ1v) is 6.65. The Balaban J connectivity index is 3.02. The second-order valence-electron chi connectivity index (χ2n) is 4.49. The van der Waals surface area contributed by atoms with Crippen LogP contribution >= 0.6 is 0 Å². The van der Waals surface area contributed by atoms with Crippen LogP contribution in [0.4, 0.5) is 0 Å². The van der Waals surface area contributed by atoms with E-state index in [1.54, 1.807) is 0 Å². The van der Waals surface area contributed by atoms with Gasteiger partial charge in [0.25, 0.3) is 0 Å². The minimum absolute atomic E-state index is 0.322. The number of hydrogen-bond acceptors (Lipinski definition) is 2. The predicted octanol–water partition coefficient (Wildman–Crippen LogP) is 3.10. The maximum atomic E-state index is 8.68. The zero-order chi connectivity index (χ0) is 11.4. The maximum absolute atomic E-state index is 8.68. The monoisotopic (exact) mass is 215 g/mol. The van der Waals surface area contributed by atoms with Crippen LogP contribution in [0.2, 0.25) is 0 Å². The minimum atomic E-state index is 0.322. The van der Waals surface area contributed by atoms with E-state index in [-0.39, 0.29) is 0 Å². The van der Waals surface area contributed by atoms with Gasteiger partial charge < -0.3 is 10.4 Å². The van der Waals surface area contributed by atoms with Gasteiger partial charge >= 0.3 is 0 Å². The highest BCUT2D eigenvalue weighted by Crippen LogP contribution is 2.04. The molecule has 0 saturated carbocycles. The summed E-state index contributed by atoms with van der Waals surface area (Å²) in [5, 5.41) is 12.2. The first-order valence-electron chi connectivity index (χ1n) is 6.65. The van der Waals surface area contributed by atoms with Gasteiger partial charge in [-0.25, -0.2) is 0 Å². The summed E-state index contributed by atoms with van der Waals surface area (Å²) in [4.78, 5) is 0. The number of rotatable bonds is 11. The molecule has 0 aromatic rings. The quantitative estimate of drug-likeness (QED) is 0.519. The standard InChI is InChI=1S/C13H29NO/c1-3-4-5-6-7-8-11-14-13(2)10-9-12-15/h13-15H,3-12H2,1-2H3. The number of hydrogen-bond donors (Lipinski definition) is 2. The average Bonchev–Trinajstić information content (AvgIpc) is 2.25. The van der Waals surface area contributed by atoms with Crippen LogP contribution in [0.25, 0.3) is 0 Å². The van der Waals surface area contributed by atoms with Crippen molar-refractivity contribution in [1.82, 2.24) is 5.32 Å². The molecule has 2 nitrogen and oxygen atoms in total. The van der Waals surface area contributed by atoms with Gasteiger partial charge in [0, 0.05) is 12.6 Å². The Morgan fingerprint density at radius 3 is 2.33 bits per heavy atom. The summed E-state index contributed by atoms with van der Waals surface area (Å²) in [6, 6.07) is 0.563. The molecule has 1 unspecified atom stereocenters. The largest absolute Gasteiger partial charge is 0.396 e. The van der Waals surface area contributed by atoms with Gasteiger partial charge in [-0.2, -0.15) is 0 Å². The van der Waals surface area contributed by atoms with Gasteiger partial charge in [0.2, 0.25) is 0 Å². The molecular formula is C13H29NO. The van der Waals surface area contributed by atoms with E-state index in [1.165, 1.54) is 38.5 Å². The van der Waals surface area contributed by atoms with Gasteiger partial charge in [-0.05, 0) is 32.7 Å². The Hall–Kier alpha value is -0.0800. The van der Waals surface area contributed by atoms with E-state index in [9.17, 15) is 0 Å². The average molecular weight is 215 g/mol. The summed E-state index contributed by atoms with van der Waals surface area (Å²) in [6.07, 6.45) is 10.2. The third-order valence-electron chi connectivity index (χ3n) is 2.82. The molecule has 0 aliphatic heterocycles. The third kappa shape index (κ3) is 11.8. The van der Waals surface area contributed by atoms with E-state index in [2.05, 4.69) is 19.2 Å². The fourth-order valence-corrected chi connectivity index (χ4v) is 1.75. The van der Waals surface area contributed by atoms with Gasteiger partial charge in [0.1, 0.15) is 0 Å². The molecule has 0 saturated heterocycles. The Kier molecular flexibility index (Phi) is 11.9. The first kappa shape index (κ1) is 14.9. The van der Waals surface area contributed by atoms with Crippen LogP contribution in [-0.2, 0) is 0 Å². The minimum Gasteiger partial charge on any atom is -0.396 e. The van der Waals surface area contributed by atoms with Crippen LogP contribution in [0.15, 0.2) is 0 Å². The number of unbranched alkanes of at least 4 members (excludes halogenated alkanes) is 5. The molecule has 2 heteroatoms. The number of nitrogens with one attached hydrogen (secondary N) is 1. The summed E-state index contributed by atoms with van der Waals surface area (Å²) < 4.78 is 0. The fourth-order valence-electron chi connectivity index (χ4n) is 1.75. The topological polar surface area (TPSA) is 32.3 Å². The van der Waals surface area contributed by atoms with E-state index >= 15 is 0 Å². The summed E-state index contributed by atoms with van der Waals surface area (Å²) in [7, 11) is 0. The second kappa shape index (κ2) is 12.0. The molecule has 0 bridgehead atoms. The van der Waals surface area contributed by atoms with Crippen molar-refractivity contribution in [2.45, 2.75) is 71.3 Å². The van der Waals surface area contributed by atoms with Crippen molar-refractivity contribution < 1.29 is 5.11 Å². The normalized spacial score (nSPS) is 13.0. The molecule has 0 aromatic carbocycles. The molecule has 0 amide bonds. The van der Waals surface area contributed by atoms with Gasteiger partial charge in [-0.3, -0.25) is 0 Å². The van der Waals surface area contributed by atoms with Crippen LogP contribution in [0, 0.1) is 0 Å². The van der Waals surface area contributed by atoms with Gasteiger partial charge in [-0.15, -0.1) is 0 Å². The summed E-state index contributed by atoms with van der Waals surface area (Å²) in [6.45, 7) is 5.92. The number of aliphatic hydroxyl groups is 1. The second-order valence-corrected chi connectivity index (χ2v) is 4.49. The van der Waals surface area contributed by atoms with E-state index in [1.807, 2.05) is 0 Å². The summed E-state index contributed by atoms with van der Waals surface area (Å²) >= 11 is 0. The Labute approximate surface area is 95.5 Å². The van der Waals surface area contributed by atoms with Gasteiger partial charge in [-0.1, -0.05) is 39.0 Å². The molecule has 0 heterocycles. The van der Waals surface area contributed by atoms with Crippen molar-refractivity contribution in [2.24, 2.45) is 0 Å². The molecule has 0 radical (unpaired) electrons. The predicted molar refractivity (Wildman–Crippen MR) is 67.2 cm³/mol. The lowest BCUT2D eigenvalue weighted by atomic mass is 10.1. The molecule has 15 heavy (non-hydrogen) atoms. The molecule has 0 aliphatic rings. The van der Waals surface area contributed by atoms with Crippen LogP contribution in [0.5, 0.6) is 0 Å². The molecule has 0 aliphatic carbocycles. The molecule has 2 N–H and O–H groups in total. The van der Waals surface area contributed by atoms with Gasteiger partial charge in [0.05, 0.1) is 0 Å². The summed E-state index contributed by atoms with van der Waals surface area (Å²) in [5.41, 5.74) is 0. The fraction of sp³-hybridized carbons (Fsp3) is 1.00. The molecule has 0 aromatic heterocycles. The van der Waals surface area contributed by atoms with E-state index in [0.29, 0.717) is 12.6 Å². The third-order valence-corrected chi connectivity index (χ3v) is 2.82. The van der Waals surface area contributed by atoms with Crippen molar-refractivity contribution in [3.63, 3.8) is 0 Å². The van der Waals surface area contributed by atoms with Crippen molar-refractivity contribution in [1.29, 1.82) is 0 Å². The smallest absolute Gasteiger partial charge is 0.0431 e. The molecule has 1 atom stereocenters. The Morgan fingerprint density at radius 2 is 1.67 bits per heavy atom. The van der Waals surface area contributed by atoms with Gasteiger partial charge in [0.15, 0.2) is 0 Å². The Morgan fingerprint density at radius 1 is 1.00 bits per heavy atom. The molecular weight excluding hydrogens is 186 g/mol. The lowest BCUT2D eigenvalue weighted by molar-refractivity contribution is 0.276. The highest BCUT2D eigenvalue weighted by atomic mass is 16.2. The highest BCUT2D eigenvalue weighted by Gasteiger charge is 1.99. The SMILES string of the molecule is CCCCCCCCNC(C)CCCO. The maximum Gasteiger partial charge on any atom is 0.0431 e.